The van der Waals surface area contributed by atoms with Gasteiger partial charge in [0.15, 0.2) is 0 Å². The fourth-order valence-corrected chi connectivity index (χ4v) is 2.07. The van der Waals surface area contributed by atoms with Gasteiger partial charge in [0.25, 0.3) is 0 Å². The molecule has 0 radical (unpaired) electrons. The third-order valence-corrected chi connectivity index (χ3v) is 3.63. The van der Waals surface area contributed by atoms with Crippen LogP contribution in [0.3, 0.4) is 0 Å². The van der Waals surface area contributed by atoms with Gasteiger partial charge in [0, 0.05) is 12.1 Å². The largest absolute Gasteiger partial charge is 0.480 e. The molecule has 2 N–H and O–H groups in total. The molecule has 1 rings (SSSR count). The number of carbonyl (C=O) groups is 2. The molecule has 0 aromatic heterocycles. The fourth-order valence-electron chi connectivity index (χ4n) is 2.07. The van der Waals surface area contributed by atoms with Gasteiger partial charge in [-0.2, -0.15) is 0 Å². The van der Waals surface area contributed by atoms with E-state index in [1.165, 1.54) is 4.90 Å². The standard InChI is InChI=1S/C12H22N2O3/c1-5-14(11(2,3)9(15)16)10(17)13-12(4)7-6-8-12/h5-8H2,1-4H3,(H,13,17)(H,15,16). The maximum absolute atomic E-state index is 12.1. The number of carboxylic acid groups (broad SMARTS) is 1. The zero-order valence-electron chi connectivity index (χ0n) is 11.0. The summed E-state index contributed by atoms with van der Waals surface area (Å²) in [5.41, 5.74) is -1.34. The van der Waals surface area contributed by atoms with Crippen LogP contribution >= 0.6 is 0 Å². The minimum Gasteiger partial charge on any atom is -0.480 e. The smallest absolute Gasteiger partial charge is 0.329 e. The molecule has 0 aromatic carbocycles. The van der Waals surface area contributed by atoms with Crippen LogP contribution in [0.15, 0.2) is 0 Å². The highest BCUT2D eigenvalue weighted by atomic mass is 16.4. The highest BCUT2D eigenvalue weighted by molar-refractivity contribution is 5.85. The van der Waals surface area contributed by atoms with Crippen molar-refractivity contribution in [2.75, 3.05) is 6.54 Å². The summed E-state index contributed by atoms with van der Waals surface area (Å²) in [6, 6.07) is -0.290. The number of rotatable bonds is 4. The number of nitrogens with one attached hydrogen (secondary N) is 1. The molecule has 0 bridgehead atoms. The van der Waals surface area contributed by atoms with Crippen LogP contribution in [-0.2, 0) is 4.79 Å². The van der Waals surface area contributed by atoms with Crippen LogP contribution < -0.4 is 5.32 Å². The molecule has 98 valence electrons. The highest BCUT2D eigenvalue weighted by Gasteiger charge is 2.40. The second-order valence-corrected chi connectivity index (χ2v) is 5.45. The van der Waals surface area contributed by atoms with Crippen LogP contribution in [0.1, 0.15) is 47.0 Å². The van der Waals surface area contributed by atoms with E-state index in [2.05, 4.69) is 5.32 Å². The van der Waals surface area contributed by atoms with Gasteiger partial charge in [-0.25, -0.2) is 9.59 Å². The van der Waals surface area contributed by atoms with Crippen molar-refractivity contribution in [1.82, 2.24) is 10.2 Å². The molecule has 0 aliphatic heterocycles. The van der Waals surface area contributed by atoms with E-state index in [-0.39, 0.29) is 11.6 Å². The van der Waals surface area contributed by atoms with Crippen molar-refractivity contribution in [3.8, 4) is 0 Å². The predicted molar refractivity (Wildman–Crippen MR) is 64.9 cm³/mol. The summed E-state index contributed by atoms with van der Waals surface area (Å²) in [4.78, 5) is 24.6. The zero-order chi connectivity index (χ0) is 13.3. The first kappa shape index (κ1) is 13.8. The first-order valence-corrected chi connectivity index (χ1v) is 6.06. The first-order valence-electron chi connectivity index (χ1n) is 6.06. The number of hydrogen-bond acceptors (Lipinski definition) is 2. The summed E-state index contributed by atoms with van der Waals surface area (Å²) in [5, 5.41) is 12.1. The van der Waals surface area contributed by atoms with Crippen LogP contribution in [0, 0.1) is 0 Å². The van der Waals surface area contributed by atoms with E-state index in [9.17, 15) is 9.59 Å². The van der Waals surface area contributed by atoms with Crippen LogP contribution in [0.5, 0.6) is 0 Å². The van der Waals surface area contributed by atoms with E-state index in [1.807, 2.05) is 6.92 Å². The molecule has 1 fully saturated rings. The molecule has 0 spiro atoms. The van der Waals surface area contributed by atoms with Crippen molar-refractivity contribution >= 4 is 12.0 Å². The molecule has 1 aliphatic carbocycles. The average Bonchev–Trinajstić information content (AvgIpc) is 2.15. The first-order chi connectivity index (χ1) is 7.73. The van der Waals surface area contributed by atoms with Gasteiger partial charge in [0.05, 0.1) is 0 Å². The molecule has 0 saturated heterocycles. The molecule has 0 aromatic rings. The normalized spacial score (nSPS) is 18.1. The minimum atomic E-state index is -1.18. The molecule has 0 atom stereocenters. The van der Waals surface area contributed by atoms with Gasteiger partial charge in [-0.1, -0.05) is 0 Å². The Balaban J connectivity index is 2.73. The predicted octanol–water partition coefficient (Wildman–Crippen LogP) is 1.82. The highest BCUT2D eigenvalue weighted by Crippen LogP contribution is 2.31. The van der Waals surface area contributed by atoms with Crippen LogP contribution in [0.4, 0.5) is 4.79 Å². The number of aliphatic carboxylic acids is 1. The zero-order valence-corrected chi connectivity index (χ0v) is 11.0. The van der Waals surface area contributed by atoms with E-state index in [4.69, 9.17) is 5.11 Å². The molecule has 1 saturated carbocycles. The maximum Gasteiger partial charge on any atom is 0.329 e. The number of likely N-dealkylation sites (N-methyl/N-ethyl adjacent to an activating group) is 1. The summed E-state index contributed by atoms with van der Waals surface area (Å²) in [7, 11) is 0. The van der Waals surface area contributed by atoms with Gasteiger partial charge in [0.1, 0.15) is 5.54 Å². The number of urea groups is 1. The number of hydrogen-bond donors (Lipinski definition) is 2. The lowest BCUT2D eigenvalue weighted by Crippen LogP contribution is -2.61. The Bertz CT molecular complexity index is 322. The second-order valence-electron chi connectivity index (χ2n) is 5.45. The topological polar surface area (TPSA) is 69.6 Å². The lowest BCUT2D eigenvalue weighted by Gasteiger charge is -2.43. The van der Waals surface area contributed by atoms with E-state index in [0.717, 1.165) is 19.3 Å². The molecule has 5 nitrogen and oxygen atoms in total. The van der Waals surface area contributed by atoms with E-state index in [1.54, 1.807) is 20.8 Å². The molecular formula is C12H22N2O3. The molecule has 0 unspecified atom stereocenters. The molecule has 5 heteroatoms. The molecule has 17 heavy (non-hydrogen) atoms. The van der Waals surface area contributed by atoms with E-state index >= 15 is 0 Å². The van der Waals surface area contributed by atoms with Gasteiger partial charge in [-0.15, -0.1) is 0 Å². The third kappa shape index (κ3) is 2.70. The lowest BCUT2D eigenvalue weighted by atomic mass is 9.78. The Labute approximate surface area is 102 Å². The van der Waals surface area contributed by atoms with E-state index < -0.39 is 11.5 Å². The SMILES string of the molecule is CCN(C(=O)NC1(C)CCC1)C(C)(C)C(=O)O. The Morgan fingerprint density at radius 1 is 1.41 bits per heavy atom. The Morgan fingerprint density at radius 3 is 2.24 bits per heavy atom. The molecule has 2 amide bonds. The summed E-state index contributed by atoms with van der Waals surface area (Å²) >= 11 is 0. The molecule has 0 heterocycles. The van der Waals surface area contributed by atoms with Gasteiger partial charge in [-0.3, -0.25) is 0 Å². The van der Waals surface area contributed by atoms with Crippen molar-refractivity contribution in [2.45, 2.75) is 58.0 Å². The van der Waals surface area contributed by atoms with Crippen molar-refractivity contribution in [1.29, 1.82) is 0 Å². The fraction of sp³-hybridized carbons (Fsp3) is 0.833. The molecular weight excluding hydrogens is 220 g/mol. The number of carbonyl (C=O) groups excluding carboxylic acids is 1. The Kier molecular flexibility index (Phi) is 3.69. The Hall–Kier alpha value is -1.26. The third-order valence-electron chi connectivity index (χ3n) is 3.63. The Morgan fingerprint density at radius 2 is 1.94 bits per heavy atom. The monoisotopic (exact) mass is 242 g/mol. The lowest BCUT2D eigenvalue weighted by molar-refractivity contribution is -0.147. The van der Waals surface area contributed by atoms with Gasteiger partial charge in [-0.05, 0) is 47.0 Å². The van der Waals surface area contributed by atoms with Gasteiger partial charge in [0.2, 0.25) is 0 Å². The number of nitrogens with zero attached hydrogens (tertiary/aromatic N) is 1. The van der Waals surface area contributed by atoms with Crippen molar-refractivity contribution in [3.63, 3.8) is 0 Å². The second kappa shape index (κ2) is 4.55. The number of carboxylic acids is 1. The van der Waals surface area contributed by atoms with Crippen LogP contribution in [0.25, 0.3) is 0 Å². The van der Waals surface area contributed by atoms with Gasteiger partial charge < -0.3 is 15.3 Å². The summed E-state index contributed by atoms with van der Waals surface area (Å²) in [6.45, 7) is 7.24. The minimum absolute atomic E-state index is 0.154. The van der Waals surface area contributed by atoms with Crippen molar-refractivity contribution in [3.05, 3.63) is 0 Å². The average molecular weight is 242 g/mol. The quantitative estimate of drug-likeness (QED) is 0.790. The van der Waals surface area contributed by atoms with Crippen molar-refractivity contribution in [2.24, 2.45) is 0 Å². The summed E-state index contributed by atoms with van der Waals surface area (Å²) < 4.78 is 0. The van der Waals surface area contributed by atoms with E-state index in [0.29, 0.717) is 6.54 Å². The number of amides is 2. The summed E-state index contributed by atoms with van der Waals surface area (Å²) in [5.74, 6) is -0.992. The maximum atomic E-state index is 12.1. The van der Waals surface area contributed by atoms with Crippen LogP contribution in [-0.4, -0.2) is 39.6 Å². The van der Waals surface area contributed by atoms with Gasteiger partial charge >= 0.3 is 12.0 Å². The summed E-state index contributed by atoms with van der Waals surface area (Å²) in [6.07, 6.45) is 3.04. The van der Waals surface area contributed by atoms with Crippen molar-refractivity contribution < 1.29 is 14.7 Å². The molecule has 1 aliphatic rings. The van der Waals surface area contributed by atoms with Crippen LogP contribution in [0.2, 0.25) is 0 Å².